The molecule has 1 saturated carbocycles. The Labute approximate surface area is 96.1 Å². The summed E-state index contributed by atoms with van der Waals surface area (Å²) in [4.78, 5) is 16.0. The van der Waals surface area contributed by atoms with Gasteiger partial charge in [-0.2, -0.15) is 5.21 Å². The molecule has 0 aromatic carbocycles. The summed E-state index contributed by atoms with van der Waals surface area (Å²) in [5.74, 6) is 0.817. The summed E-state index contributed by atoms with van der Waals surface area (Å²) in [5, 5.41) is 16.3. The molecule has 0 saturated heterocycles. The number of nitrogens with one attached hydrogen (secondary N) is 2. The Balaban J connectivity index is 1.78. The van der Waals surface area contributed by atoms with Gasteiger partial charge in [-0.1, -0.05) is 5.21 Å². The Hall–Kier alpha value is -2.25. The molecule has 0 atom stereocenters. The summed E-state index contributed by atoms with van der Waals surface area (Å²) < 4.78 is 1.71. The molecule has 0 bridgehead atoms. The van der Waals surface area contributed by atoms with Crippen LogP contribution in [0.5, 0.6) is 0 Å². The van der Waals surface area contributed by atoms with Crippen LogP contribution in [-0.2, 0) is 6.54 Å². The summed E-state index contributed by atoms with van der Waals surface area (Å²) in [7, 11) is 0. The van der Waals surface area contributed by atoms with Crippen molar-refractivity contribution in [1.82, 2.24) is 30.2 Å². The number of aromatic amines is 1. The fraction of sp³-hybridized carbons (Fsp3) is 0.444. The highest BCUT2D eigenvalue weighted by atomic mass is 16.1. The summed E-state index contributed by atoms with van der Waals surface area (Å²) in [6, 6.07) is 0.344. The van der Waals surface area contributed by atoms with E-state index < -0.39 is 0 Å². The third-order valence-corrected chi connectivity index (χ3v) is 2.61. The van der Waals surface area contributed by atoms with Crippen molar-refractivity contribution in [3.63, 3.8) is 0 Å². The number of H-pyrrole nitrogens is 1. The number of aromatic nitrogens is 6. The smallest absolute Gasteiger partial charge is 0.293 e. The van der Waals surface area contributed by atoms with Crippen LogP contribution in [0.1, 0.15) is 24.7 Å². The minimum Gasteiger partial charge on any atom is -0.358 e. The molecule has 0 spiro atoms. The van der Waals surface area contributed by atoms with Crippen molar-refractivity contribution in [2.45, 2.75) is 25.4 Å². The van der Waals surface area contributed by atoms with Crippen LogP contribution in [0, 0.1) is 0 Å². The molecule has 2 heterocycles. The highest BCUT2D eigenvalue weighted by molar-refractivity contribution is 5.31. The first-order valence-electron chi connectivity index (χ1n) is 5.38. The van der Waals surface area contributed by atoms with Gasteiger partial charge in [-0.05, 0) is 12.8 Å². The van der Waals surface area contributed by atoms with E-state index in [1.54, 1.807) is 17.0 Å². The van der Waals surface area contributed by atoms with Gasteiger partial charge in [0.05, 0.1) is 6.54 Å². The SMILES string of the molecule is O=c1c(NCc2nn[nH]n2)nccn1C1CC1. The average Bonchev–Trinajstić information content (AvgIpc) is 3.04. The van der Waals surface area contributed by atoms with Crippen molar-refractivity contribution in [2.24, 2.45) is 0 Å². The predicted molar refractivity (Wildman–Crippen MR) is 58.3 cm³/mol. The monoisotopic (exact) mass is 233 g/mol. The van der Waals surface area contributed by atoms with Gasteiger partial charge < -0.3 is 9.88 Å². The largest absolute Gasteiger partial charge is 0.358 e. The van der Waals surface area contributed by atoms with Gasteiger partial charge in [-0.3, -0.25) is 4.79 Å². The summed E-state index contributed by atoms with van der Waals surface area (Å²) in [6.07, 6.45) is 5.47. The molecular weight excluding hydrogens is 222 g/mol. The lowest BCUT2D eigenvalue weighted by molar-refractivity contribution is 0.699. The van der Waals surface area contributed by atoms with Crippen molar-refractivity contribution in [1.29, 1.82) is 0 Å². The molecule has 2 aromatic heterocycles. The minimum atomic E-state index is -0.0986. The topological polar surface area (TPSA) is 101 Å². The summed E-state index contributed by atoms with van der Waals surface area (Å²) in [6.45, 7) is 0.327. The second-order valence-corrected chi connectivity index (χ2v) is 3.90. The second-order valence-electron chi connectivity index (χ2n) is 3.90. The predicted octanol–water partition coefficient (Wildman–Crippen LogP) is -0.297. The van der Waals surface area contributed by atoms with Gasteiger partial charge in [0, 0.05) is 18.4 Å². The standard InChI is InChI=1S/C9H11N7O/c17-9-8(11-5-7-12-14-15-13-7)10-3-4-16(9)6-1-2-6/h3-4,6H,1-2,5H2,(H,10,11)(H,12,13,14,15). The normalized spacial score (nSPS) is 14.8. The number of hydrogen-bond acceptors (Lipinski definition) is 6. The molecule has 2 N–H and O–H groups in total. The summed E-state index contributed by atoms with van der Waals surface area (Å²) >= 11 is 0. The van der Waals surface area contributed by atoms with Crippen molar-refractivity contribution in [3.8, 4) is 0 Å². The molecule has 0 amide bonds. The molecule has 0 radical (unpaired) electrons. The van der Waals surface area contributed by atoms with E-state index in [-0.39, 0.29) is 5.56 Å². The van der Waals surface area contributed by atoms with Gasteiger partial charge in [0.1, 0.15) is 0 Å². The Morgan fingerprint density at radius 2 is 2.41 bits per heavy atom. The first-order chi connectivity index (χ1) is 8.34. The zero-order valence-corrected chi connectivity index (χ0v) is 9.00. The zero-order valence-electron chi connectivity index (χ0n) is 9.00. The highest BCUT2D eigenvalue weighted by Crippen LogP contribution is 2.33. The van der Waals surface area contributed by atoms with E-state index in [2.05, 4.69) is 30.9 Å². The van der Waals surface area contributed by atoms with Crippen LogP contribution in [-0.4, -0.2) is 30.2 Å². The Morgan fingerprint density at radius 3 is 3.12 bits per heavy atom. The Kier molecular flexibility index (Phi) is 2.32. The lowest BCUT2D eigenvalue weighted by Crippen LogP contribution is -2.23. The van der Waals surface area contributed by atoms with Crippen molar-refractivity contribution in [2.75, 3.05) is 5.32 Å². The number of anilines is 1. The molecule has 3 rings (SSSR count). The van der Waals surface area contributed by atoms with Crippen molar-refractivity contribution in [3.05, 3.63) is 28.6 Å². The maximum Gasteiger partial charge on any atom is 0.293 e. The van der Waals surface area contributed by atoms with Gasteiger partial charge >= 0.3 is 0 Å². The molecule has 1 fully saturated rings. The first-order valence-corrected chi connectivity index (χ1v) is 5.38. The van der Waals surface area contributed by atoms with Crippen molar-refractivity contribution < 1.29 is 0 Å². The van der Waals surface area contributed by atoms with Crippen LogP contribution in [0.15, 0.2) is 17.2 Å². The van der Waals surface area contributed by atoms with Gasteiger partial charge in [0.15, 0.2) is 11.6 Å². The number of tetrazole rings is 1. The van der Waals surface area contributed by atoms with Crippen molar-refractivity contribution >= 4 is 5.82 Å². The number of rotatable bonds is 4. The molecule has 0 aliphatic heterocycles. The number of nitrogens with zero attached hydrogens (tertiary/aromatic N) is 5. The fourth-order valence-electron chi connectivity index (χ4n) is 1.61. The molecule has 88 valence electrons. The van der Waals surface area contributed by atoms with E-state index in [4.69, 9.17) is 0 Å². The van der Waals surface area contributed by atoms with Gasteiger partial charge in [0.25, 0.3) is 5.56 Å². The third-order valence-electron chi connectivity index (χ3n) is 2.61. The van der Waals surface area contributed by atoms with Crippen LogP contribution in [0.4, 0.5) is 5.82 Å². The molecular formula is C9H11N7O. The maximum atomic E-state index is 12.0. The third kappa shape index (κ3) is 2.01. The summed E-state index contributed by atoms with van der Waals surface area (Å²) in [5.41, 5.74) is -0.0986. The molecule has 17 heavy (non-hydrogen) atoms. The van der Waals surface area contributed by atoms with Crippen LogP contribution in [0.3, 0.4) is 0 Å². The average molecular weight is 233 g/mol. The molecule has 0 unspecified atom stereocenters. The van der Waals surface area contributed by atoms with Gasteiger partial charge in [0.2, 0.25) is 0 Å². The van der Waals surface area contributed by atoms with E-state index in [9.17, 15) is 4.79 Å². The van der Waals surface area contributed by atoms with Crippen LogP contribution < -0.4 is 10.9 Å². The van der Waals surface area contributed by atoms with E-state index in [1.807, 2.05) is 0 Å². The lowest BCUT2D eigenvalue weighted by Gasteiger charge is -2.06. The quantitative estimate of drug-likeness (QED) is 0.752. The number of hydrogen-bond donors (Lipinski definition) is 2. The van der Waals surface area contributed by atoms with Gasteiger partial charge in [-0.25, -0.2) is 4.98 Å². The van der Waals surface area contributed by atoms with E-state index in [1.165, 1.54) is 0 Å². The Bertz CT molecular complexity index is 557. The van der Waals surface area contributed by atoms with E-state index in [0.717, 1.165) is 12.8 Å². The molecule has 1 aliphatic rings. The minimum absolute atomic E-state index is 0.0986. The molecule has 1 aliphatic carbocycles. The molecule has 2 aromatic rings. The van der Waals surface area contributed by atoms with Crippen LogP contribution in [0.25, 0.3) is 0 Å². The fourth-order valence-corrected chi connectivity index (χ4v) is 1.61. The lowest BCUT2D eigenvalue weighted by atomic mass is 10.5. The van der Waals surface area contributed by atoms with E-state index in [0.29, 0.717) is 24.2 Å². The molecule has 8 nitrogen and oxygen atoms in total. The zero-order chi connectivity index (χ0) is 11.7. The maximum absolute atomic E-state index is 12.0. The van der Waals surface area contributed by atoms with Crippen LogP contribution >= 0.6 is 0 Å². The van der Waals surface area contributed by atoms with E-state index >= 15 is 0 Å². The second kappa shape index (κ2) is 3.96. The highest BCUT2D eigenvalue weighted by Gasteiger charge is 2.25. The van der Waals surface area contributed by atoms with Gasteiger partial charge in [-0.15, -0.1) is 10.2 Å². The molecule has 8 heteroatoms. The Morgan fingerprint density at radius 1 is 1.53 bits per heavy atom. The first kappa shape index (κ1) is 9.94. The van der Waals surface area contributed by atoms with Crippen LogP contribution in [0.2, 0.25) is 0 Å².